The number of hydrogen-bond acceptors (Lipinski definition) is 2. The molecule has 1 atom stereocenters. The Kier molecular flexibility index (Phi) is 4.33. The number of terminal acetylenes is 1. The first-order chi connectivity index (χ1) is 3.81. The minimum Gasteiger partial charge on any atom is -0.385 e. The topological polar surface area (TPSA) is 35.2 Å². The molecule has 0 saturated carbocycles. The van der Waals surface area contributed by atoms with Crippen molar-refractivity contribution in [2.24, 2.45) is 5.73 Å². The zero-order chi connectivity index (χ0) is 6.41. The average molecular weight is 113 g/mol. The van der Waals surface area contributed by atoms with Crippen molar-refractivity contribution in [3.8, 4) is 12.3 Å². The Morgan fingerprint density at radius 3 is 2.88 bits per heavy atom. The van der Waals surface area contributed by atoms with Gasteiger partial charge in [0.25, 0.3) is 0 Å². The lowest BCUT2D eigenvalue weighted by Crippen LogP contribution is -2.18. The average Bonchev–Trinajstić information content (AvgIpc) is 1.83. The highest BCUT2D eigenvalue weighted by Crippen LogP contribution is 1.83. The molecular weight excluding hydrogens is 102 g/mol. The molecule has 46 valence electrons. The van der Waals surface area contributed by atoms with Crippen LogP contribution in [0.25, 0.3) is 0 Å². The van der Waals surface area contributed by atoms with Crippen molar-refractivity contribution < 1.29 is 4.74 Å². The van der Waals surface area contributed by atoms with E-state index in [4.69, 9.17) is 16.9 Å². The summed E-state index contributed by atoms with van der Waals surface area (Å²) < 4.78 is 4.74. The van der Waals surface area contributed by atoms with E-state index >= 15 is 0 Å². The van der Waals surface area contributed by atoms with Crippen molar-refractivity contribution >= 4 is 0 Å². The van der Waals surface area contributed by atoms with Crippen molar-refractivity contribution in [3.63, 3.8) is 0 Å². The molecule has 0 rings (SSSR count). The molecule has 0 aliphatic rings. The maximum atomic E-state index is 5.34. The minimum atomic E-state index is -0.144. The molecular formula is C6H11NO. The number of hydrogen-bond donors (Lipinski definition) is 1. The summed E-state index contributed by atoms with van der Waals surface area (Å²) >= 11 is 0. The van der Waals surface area contributed by atoms with Gasteiger partial charge in [-0.15, -0.1) is 6.42 Å². The summed E-state index contributed by atoms with van der Waals surface area (Å²) in [5.74, 6) is 2.40. The minimum absolute atomic E-state index is 0.144. The van der Waals surface area contributed by atoms with Crippen molar-refractivity contribution in [2.75, 3.05) is 13.7 Å². The molecule has 0 amide bonds. The highest BCUT2D eigenvalue weighted by molar-refractivity contribution is 4.95. The zero-order valence-corrected chi connectivity index (χ0v) is 5.05. The molecule has 0 saturated heterocycles. The Morgan fingerprint density at radius 2 is 2.50 bits per heavy atom. The largest absolute Gasteiger partial charge is 0.385 e. The summed E-state index contributed by atoms with van der Waals surface area (Å²) in [5, 5.41) is 0. The van der Waals surface area contributed by atoms with Gasteiger partial charge >= 0.3 is 0 Å². The Balaban J connectivity index is 3.02. The van der Waals surface area contributed by atoms with Gasteiger partial charge in [0.05, 0.1) is 6.04 Å². The van der Waals surface area contributed by atoms with Gasteiger partial charge in [-0.05, 0) is 6.42 Å². The fourth-order valence-corrected chi connectivity index (χ4v) is 0.328. The zero-order valence-electron chi connectivity index (χ0n) is 5.05. The molecule has 0 aliphatic carbocycles. The fraction of sp³-hybridized carbons (Fsp3) is 0.667. The predicted octanol–water partition coefficient (Wildman–Crippen LogP) is -0.0166. The van der Waals surface area contributed by atoms with Gasteiger partial charge in [0.2, 0.25) is 0 Å². The van der Waals surface area contributed by atoms with E-state index in [0.29, 0.717) is 6.61 Å². The van der Waals surface area contributed by atoms with E-state index in [1.807, 2.05) is 0 Å². The lowest BCUT2D eigenvalue weighted by Gasteiger charge is -1.99. The molecule has 0 fully saturated rings. The summed E-state index contributed by atoms with van der Waals surface area (Å²) in [6.45, 7) is 0.644. The molecule has 0 aliphatic heterocycles. The van der Waals surface area contributed by atoms with Crippen LogP contribution in [0.5, 0.6) is 0 Å². The number of nitrogens with two attached hydrogens (primary N) is 1. The van der Waals surface area contributed by atoms with Crippen molar-refractivity contribution in [3.05, 3.63) is 0 Å². The van der Waals surface area contributed by atoms with E-state index in [1.54, 1.807) is 7.11 Å². The van der Waals surface area contributed by atoms with Crippen LogP contribution in [0, 0.1) is 12.3 Å². The molecule has 0 aromatic rings. The highest BCUT2D eigenvalue weighted by atomic mass is 16.5. The van der Waals surface area contributed by atoms with Crippen molar-refractivity contribution in [2.45, 2.75) is 12.5 Å². The number of methoxy groups -OCH3 is 1. The van der Waals surface area contributed by atoms with Crippen LogP contribution >= 0.6 is 0 Å². The van der Waals surface area contributed by atoms with E-state index in [9.17, 15) is 0 Å². The van der Waals surface area contributed by atoms with Gasteiger partial charge in [-0.3, -0.25) is 0 Å². The monoisotopic (exact) mass is 113 g/mol. The predicted molar refractivity (Wildman–Crippen MR) is 33.3 cm³/mol. The molecule has 0 aromatic carbocycles. The van der Waals surface area contributed by atoms with Crippen LogP contribution in [-0.2, 0) is 4.74 Å². The summed E-state index contributed by atoms with van der Waals surface area (Å²) in [6, 6.07) is -0.144. The third kappa shape index (κ3) is 3.66. The van der Waals surface area contributed by atoms with Crippen molar-refractivity contribution in [1.29, 1.82) is 0 Å². The number of ether oxygens (including phenoxy) is 1. The van der Waals surface area contributed by atoms with Crippen molar-refractivity contribution in [1.82, 2.24) is 0 Å². The Morgan fingerprint density at radius 1 is 1.88 bits per heavy atom. The quantitative estimate of drug-likeness (QED) is 0.522. The SMILES string of the molecule is C#CC(N)CCOC. The Labute approximate surface area is 50.0 Å². The summed E-state index contributed by atoms with van der Waals surface area (Å²) in [5.41, 5.74) is 5.34. The van der Waals surface area contributed by atoms with Crippen LogP contribution in [0.3, 0.4) is 0 Å². The molecule has 0 heterocycles. The molecule has 0 bridgehead atoms. The van der Waals surface area contributed by atoms with E-state index in [0.717, 1.165) is 6.42 Å². The fourth-order valence-electron chi connectivity index (χ4n) is 0.328. The third-order valence-electron chi connectivity index (χ3n) is 0.847. The summed E-state index contributed by atoms with van der Waals surface area (Å²) in [4.78, 5) is 0. The molecule has 0 aromatic heterocycles. The first-order valence-corrected chi connectivity index (χ1v) is 2.52. The van der Waals surface area contributed by atoms with Gasteiger partial charge in [-0.1, -0.05) is 5.92 Å². The van der Waals surface area contributed by atoms with Crippen LogP contribution in [0.2, 0.25) is 0 Å². The third-order valence-corrected chi connectivity index (χ3v) is 0.847. The second-order valence-electron chi connectivity index (χ2n) is 1.55. The van der Waals surface area contributed by atoms with E-state index < -0.39 is 0 Å². The van der Waals surface area contributed by atoms with Crippen LogP contribution in [0.1, 0.15) is 6.42 Å². The van der Waals surface area contributed by atoms with Crippen LogP contribution in [0.4, 0.5) is 0 Å². The Hall–Kier alpha value is -0.520. The van der Waals surface area contributed by atoms with Gasteiger partial charge < -0.3 is 10.5 Å². The Bertz CT molecular complexity index is 85.0. The van der Waals surface area contributed by atoms with E-state index in [1.165, 1.54) is 0 Å². The number of rotatable bonds is 3. The molecule has 0 spiro atoms. The van der Waals surface area contributed by atoms with E-state index in [-0.39, 0.29) is 6.04 Å². The summed E-state index contributed by atoms with van der Waals surface area (Å²) in [6.07, 6.45) is 5.73. The van der Waals surface area contributed by atoms with Crippen LogP contribution in [-0.4, -0.2) is 19.8 Å². The molecule has 2 N–H and O–H groups in total. The van der Waals surface area contributed by atoms with Crippen LogP contribution < -0.4 is 5.73 Å². The molecule has 2 heteroatoms. The summed E-state index contributed by atoms with van der Waals surface area (Å²) in [7, 11) is 1.63. The standard InChI is InChI=1S/C6H11NO/c1-3-6(7)4-5-8-2/h1,6H,4-5,7H2,2H3. The lowest BCUT2D eigenvalue weighted by molar-refractivity contribution is 0.192. The second-order valence-corrected chi connectivity index (χ2v) is 1.55. The van der Waals surface area contributed by atoms with Gasteiger partial charge in [-0.2, -0.15) is 0 Å². The maximum absolute atomic E-state index is 5.34. The molecule has 1 unspecified atom stereocenters. The molecule has 2 nitrogen and oxygen atoms in total. The first kappa shape index (κ1) is 7.48. The second kappa shape index (κ2) is 4.63. The smallest absolute Gasteiger partial charge is 0.0684 e. The molecule has 8 heavy (non-hydrogen) atoms. The normalized spacial score (nSPS) is 12.6. The van der Waals surface area contributed by atoms with Gasteiger partial charge in [0, 0.05) is 13.7 Å². The lowest BCUT2D eigenvalue weighted by atomic mass is 10.2. The molecule has 0 radical (unpaired) electrons. The van der Waals surface area contributed by atoms with Gasteiger partial charge in [-0.25, -0.2) is 0 Å². The van der Waals surface area contributed by atoms with Crippen LogP contribution in [0.15, 0.2) is 0 Å². The highest BCUT2D eigenvalue weighted by Gasteiger charge is 1.92. The van der Waals surface area contributed by atoms with Gasteiger partial charge in [0.1, 0.15) is 0 Å². The maximum Gasteiger partial charge on any atom is 0.0684 e. The van der Waals surface area contributed by atoms with Gasteiger partial charge in [0.15, 0.2) is 0 Å². The first-order valence-electron chi connectivity index (χ1n) is 2.52. The van der Waals surface area contributed by atoms with E-state index in [2.05, 4.69) is 5.92 Å².